The molecule has 1 aromatic heterocycles. The van der Waals surface area contributed by atoms with Gasteiger partial charge in [-0.1, -0.05) is 0 Å². The molecule has 1 aromatic carbocycles. The van der Waals surface area contributed by atoms with Gasteiger partial charge < -0.3 is 4.90 Å². The first kappa shape index (κ1) is 11.0. The summed E-state index contributed by atoms with van der Waals surface area (Å²) in [4.78, 5) is 11.2. The van der Waals surface area contributed by atoms with E-state index in [1.165, 1.54) is 31.5 Å². The van der Waals surface area contributed by atoms with Gasteiger partial charge in [0.15, 0.2) is 5.82 Å². The molecule has 0 radical (unpaired) electrons. The van der Waals surface area contributed by atoms with E-state index in [-0.39, 0.29) is 0 Å². The molecule has 2 aromatic rings. The molecule has 1 aliphatic carbocycles. The van der Waals surface area contributed by atoms with Gasteiger partial charge >= 0.3 is 0 Å². The fourth-order valence-corrected chi connectivity index (χ4v) is 3.49. The topological polar surface area (TPSA) is 29.0 Å². The second-order valence-corrected chi connectivity index (χ2v) is 5.60. The Hall–Kier alpha value is -1.90. The molecule has 3 nitrogen and oxygen atoms in total. The van der Waals surface area contributed by atoms with E-state index in [0.717, 1.165) is 23.3 Å². The fourth-order valence-electron chi connectivity index (χ4n) is 3.49. The van der Waals surface area contributed by atoms with E-state index in [0.29, 0.717) is 0 Å². The fraction of sp³-hybridized carbons (Fsp3) is 0.375. The van der Waals surface area contributed by atoms with Gasteiger partial charge in [0.2, 0.25) is 0 Å². The van der Waals surface area contributed by atoms with Crippen LogP contribution in [0.15, 0.2) is 42.7 Å². The summed E-state index contributed by atoms with van der Waals surface area (Å²) < 4.78 is 0. The summed E-state index contributed by atoms with van der Waals surface area (Å²) in [7, 11) is 0. The van der Waals surface area contributed by atoms with Crippen LogP contribution in [-0.4, -0.2) is 22.6 Å². The molecule has 0 unspecified atom stereocenters. The average Bonchev–Trinajstić information content (AvgIpc) is 3.11. The van der Waals surface area contributed by atoms with Gasteiger partial charge in [0.1, 0.15) is 0 Å². The first-order valence-corrected chi connectivity index (χ1v) is 7.04. The largest absolute Gasteiger partial charge is 0.368 e. The van der Waals surface area contributed by atoms with Crippen molar-refractivity contribution in [3.8, 4) is 11.4 Å². The average molecular weight is 251 g/mol. The predicted octanol–water partition coefficient (Wildman–Crippen LogP) is 3.13. The SMILES string of the molecule is c1cnc(-c2ccc(N3C[C@@H]4CC[C@H]3C4)cc2)nc1. The minimum absolute atomic E-state index is 0.781. The Morgan fingerprint density at radius 1 is 1.00 bits per heavy atom. The second-order valence-electron chi connectivity index (χ2n) is 5.60. The highest BCUT2D eigenvalue weighted by Gasteiger charge is 2.37. The van der Waals surface area contributed by atoms with Crippen LogP contribution in [0.3, 0.4) is 0 Å². The van der Waals surface area contributed by atoms with Crippen molar-refractivity contribution in [1.82, 2.24) is 9.97 Å². The van der Waals surface area contributed by atoms with Crippen LogP contribution >= 0.6 is 0 Å². The Morgan fingerprint density at radius 2 is 1.79 bits per heavy atom. The number of nitrogens with zero attached hydrogens (tertiary/aromatic N) is 3. The zero-order valence-corrected chi connectivity index (χ0v) is 10.9. The van der Waals surface area contributed by atoms with Crippen molar-refractivity contribution in [2.75, 3.05) is 11.4 Å². The predicted molar refractivity (Wildman–Crippen MR) is 75.9 cm³/mol. The summed E-state index contributed by atoms with van der Waals surface area (Å²) in [6, 6.07) is 11.3. The van der Waals surface area contributed by atoms with Gasteiger partial charge in [0.25, 0.3) is 0 Å². The maximum absolute atomic E-state index is 4.29. The van der Waals surface area contributed by atoms with E-state index in [1.54, 1.807) is 12.4 Å². The zero-order valence-electron chi connectivity index (χ0n) is 10.9. The van der Waals surface area contributed by atoms with E-state index in [2.05, 4.69) is 39.1 Å². The van der Waals surface area contributed by atoms with Crippen LogP contribution in [0.1, 0.15) is 19.3 Å². The van der Waals surface area contributed by atoms with Crippen LogP contribution in [0.2, 0.25) is 0 Å². The molecule has 19 heavy (non-hydrogen) atoms. The summed E-state index contributed by atoms with van der Waals surface area (Å²) in [5.41, 5.74) is 2.44. The van der Waals surface area contributed by atoms with Gasteiger partial charge in [0, 0.05) is 36.2 Å². The highest BCUT2D eigenvalue weighted by Crippen LogP contribution is 2.40. The van der Waals surface area contributed by atoms with Crippen molar-refractivity contribution in [1.29, 1.82) is 0 Å². The maximum Gasteiger partial charge on any atom is 0.159 e. The number of hydrogen-bond acceptors (Lipinski definition) is 3. The normalized spacial score (nSPS) is 24.9. The van der Waals surface area contributed by atoms with Crippen LogP contribution < -0.4 is 4.90 Å². The molecule has 96 valence electrons. The monoisotopic (exact) mass is 251 g/mol. The molecule has 2 fully saturated rings. The lowest BCUT2D eigenvalue weighted by Crippen LogP contribution is -2.31. The minimum Gasteiger partial charge on any atom is -0.368 e. The van der Waals surface area contributed by atoms with Crippen molar-refractivity contribution >= 4 is 5.69 Å². The molecule has 2 atom stereocenters. The quantitative estimate of drug-likeness (QED) is 0.821. The molecule has 1 saturated heterocycles. The molecule has 2 aliphatic rings. The number of anilines is 1. The lowest BCUT2D eigenvalue weighted by atomic mass is 10.1. The highest BCUT2D eigenvalue weighted by atomic mass is 15.2. The van der Waals surface area contributed by atoms with Crippen LogP contribution in [0.4, 0.5) is 5.69 Å². The first-order valence-electron chi connectivity index (χ1n) is 7.04. The minimum atomic E-state index is 0.781. The summed E-state index contributed by atoms with van der Waals surface area (Å²) in [5, 5.41) is 0. The molecule has 0 amide bonds. The van der Waals surface area contributed by atoms with Crippen LogP contribution in [0.25, 0.3) is 11.4 Å². The van der Waals surface area contributed by atoms with Crippen molar-refractivity contribution in [3.63, 3.8) is 0 Å². The van der Waals surface area contributed by atoms with Gasteiger partial charge in [-0.05, 0) is 55.5 Å². The van der Waals surface area contributed by atoms with E-state index < -0.39 is 0 Å². The lowest BCUT2D eigenvalue weighted by molar-refractivity contribution is 0.553. The summed E-state index contributed by atoms with van der Waals surface area (Å²) in [6.07, 6.45) is 7.76. The lowest BCUT2D eigenvalue weighted by Gasteiger charge is -2.29. The Labute approximate surface area is 113 Å². The number of piperidine rings is 1. The highest BCUT2D eigenvalue weighted by molar-refractivity contribution is 5.61. The Bertz CT molecular complexity index is 564. The molecular formula is C16H17N3. The van der Waals surface area contributed by atoms with E-state index in [9.17, 15) is 0 Å². The number of fused-ring (bicyclic) bond motifs is 2. The molecular weight excluding hydrogens is 234 g/mol. The number of rotatable bonds is 2. The van der Waals surface area contributed by atoms with Crippen molar-refractivity contribution in [2.24, 2.45) is 5.92 Å². The van der Waals surface area contributed by atoms with Gasteiger partial charge in [-0.2, -0.15) is 0 Å². The summed E-state index contributed by atoms with van der Waals surface area (Å²) in [5.74, 6) is 1.74. The summed E-state index contributed by atoms with van der Waals surface area (Å²) >= 11 is 0. The third-order valence-corrected chi connectivity index (χ3v) is 4.43. The third-order valence-electron chi connectivity index (χ3n) is 4.43. The molecule has 4 rings (SSSR count). The second kappa shape index (κ2) is 4.34. The van der Waals surface area contributed by atoms with Crippen LogP contribution in [-0.2, 0) is 0 Å². The van der Waals surface area contributed by atoms with Crippen molar-refractivity contribution in [2.45, 2.75) is 25.3 Å². The number of hydrogen-bond donors (Lipinski definition) is 0. The Kier molecular flexibility index (Phi) is 2.50. The molecule has 2 bridgehead atoms. The molecule has 3 heteroatoms. The molecule has 0 spiro atoms. The molecule has 1 saturated carbocycles. The maximum atomic E-state index is 4.29. The molecule has 1 aliphatic heterocycles. The molecule has 2 heterocycles. The van der Waals surface area contributed by atoms with E-state index >= 15 is 0 Å². The summed E-state index contributed by atoms with van der Waals surface area (Å²) in [6.45, 7) is 1.24. The van der Waals surface area contributed by atoms with Gasteiger partial charge in [0.05, 0.1) is 0 Å². The van der Waals surface area contributed by atoms with Crippen LogP contribution in [0, 0.1) is 5.92 Å². The van der Waals surface area contributed by atoms with E-state index in [1.807, 2.05) is 6.07 Å². The van der Waals surface area contributed by atoms with E-state index in [4.69, 9.17) is 0 Å². The van der Waals surface area contributed by atoms with Crippen LogP contribution in [0.5, 0.6) is 0 Å². The Morgan fingerprint density at radius 3 is 2.42 bits per heavy atom. The smallest absolute Gasteiger partial charge is 0.159 e. The number of aromatic nitrogens is 2. The zero-order chi connectivity index (χ0) is 12.7. The van der Waals surface area contributed by atoms with Crippen molar-refractivity contribution in [3.05, 3.63) is 42.7 Å². The van der Waals surface area contributed by atoms with Gasteiger partial charge in [-0.15, -0.1) is 0 Å². The standard InChI is InChI=1S/C16H17N3/c1-8-17-16(18-9-1)13-3-6-14(7-4-13)19-11-12-2-5-15(19)10-12/h1,3-4,6-9,12,15H,2,5,10-11H2/t12-,15+/m1/s1. The number of benzene rings is 1. The van der Waals surface area contributed by atoms with Gasteiger partial charge in [-0.25, -0.2) is 9.97 Å². The van der Waals surface area contributed by atoms with Gasteiger partial charge in [-0.3, -0.25) is 0 Å². The van der Waals surface area contributed by atoms with Crippen molar-refractivity contribution < 1.29 is 0 Å². The third kappa shape index (κ3) is 1.89. The molecule has 0 N–H and O–H groups in total. The Balaban J connectivity index is 1.60. The first-order chi connectivity index (χ1) is 9.40.